The summed E-state index contributed by atoms with van der Waals surface area (Å²) in [5.41, 5.74) is 4.69. The number of carboxylic acid groups (broad SMARTS) is 1. The normalized spacial score (nSPS) is 18.7. The molecule has 1 aliphatic carbocycles. The van der Waals surface area contributed by atoms with Crippen LogP contribution in [0.5, 0.6) is 0 Å². The molecule has 1 fully saturated rings. The number of aliphatic carboxylic acids is 1. The van der Waals surface area contributed by atoms with Gasteiger partial charge < -0.3 is 9.84 Å². The van der Waals surface area contributed by atoms with Crippen LogP contribution in [0.2, 0.25) is 0 Å². The number of carboxylic acids is 1. The van der Waals surface area contributed by atoms with Gasteiger partial charge in [0.05, 0.1) is 5.88 Å². The highest BCUT2D eigenvalue weighted by Gasteiger charge is 2.34. The lowest BCUT2D eigenvalue weighted by atomic mass is 9.98. The van der Waals surface area contributed by atoms with Crippen molar-refractivity contribution in [3.05, 3.63) is 59.7 Å². The van der Waals surface area contributed by atoms with Crippen LogP contribution < -0.4 is 0 Å². The van der Waals surface area contributed by atoms with Crippen molar-refractivity contribution in [1.82, 2.24) is 4.90 Å². The molecule has 2 aromatic rings. The number of hydrogen-bond acceptors (Lipinski definition) is 4. The Labute approximate surface area is 149 Å². The third kappa shape index (κ3) is 2.87. The van der Waals surface area contributed by atoms with Crippen molar-refractivity contribution < 1.29 is 19.4 Å². The number of rotatable bonds is 3. The third-order valence-corrected chi connectivity index (χ3v) is 5.90. The lowest BCUT2D eigenvalue weighted by molar-refractivity contribution is -0.136. The van der Waals surface area contributed by atoms with Crippen molar-refractivity contribution in [2.24, 2.45) is 0 Å². The number of hydrogen-bond donors (Lipinski definition) is 1. The predicted molar refractivity (Wildman–Crippen MR) is 95.7 cm³/mol. The van der Waals surface area contributed by atoms with E-state index in [-0.39, 0.29) is 19.1 Å². The van der Waals surface area contributed by atoms with Gasteiger partial charge in [0.2, 0.25) is 0 Å². The Balaban J connectivity index is 1.48. The van der Waals surface area contributed by atoms with Crippen molar-refractivity contribution in [2.75, 3.05) is 19.0 Å². The molecule has 1 unspecified atom stereocenters. The summed E-state index contributed by atoms with van der Waals surface area (Å²) in [6.07, 6.45) is -0.446. The molecule has 25 heavy (non-hydrogen) atoms. The summed E-state index contributed by atoms with van der Waals surface area (Å²) < 4.78 is 5.53. The highest BCUT2D eigenvalue weighted by molar-refractivity contribution is 8.00. The molecule has 0 aromatic heterocycles. The second-order valence-electron chi connectivity index (χ2n) is 6.15. The highest BCUT2D eigenvalue weighted by Crippen LogP contribution is 2.44. The topological polar surface area (TPSA) is 66.8 Å². The van der Waals surface area contributed by atoms with E-state index in [1.54, 1.807) is 0 Å². The van der Waals surface area contributed by atoms with Gasteiger partial charge in [0.15, 0.2) is 0 Å². The fraction of sp³-hybridized carbons (Fsp3) is 0.263. The molecule has 2 aliphatic rings. The van der Waals surface area contributed by atoms with Crippen LogP contribution in [-0.2, 0) is 9.53 Å². The first-order valence-electron chi connectivity index (χ1n) is 8.09. The van der Waals surface area contributed by atoms with Crippen LogP contribution in [-0.4, -0.2) is 46.3 Å². The molecule has 0 bridgehead atoms. The zero-order chi connectivity index (χ0) is 17.4. The van der Waals surface area contributed by atoms with Gasteiger partial charge in [-0.15, -0.1) is 11.8 Å². The summed E-state index contributed by atoms with van der Waals surface area (Å²) in [5.74, 6) is -0.519. The maximum atomic E-state index is 12.3. The SMILES string of the molecule is O=C(O)C1CN(C(=O)OCC2c3ccccc3-c3ccccc32)CS1. The standard InChI is InChI=1S/C19H17NO4S/c21-18(22)17-9-20(11-25-17)19(23)24-10-16-14-7-3-1-5-12(14)13-6-2-4-8-15(13)16/h1-8,16-17H,9-11H2,(H,21,22). The summed E-state index contributed by atoms with van der Waals surface area (Å²) in [6.45, 7) is 0.447. The Morgan fingerprint density at radius 1 is 1.08 bits per heavy atom. The molecule has 1 heterocycles. The zero-order valence-electron chi connectivity index (χ0n) is 13.4. The van der Waals surface area contributed by atoms with Crippen LogP contribution in [0, 0.1) is 0 Å². The van der Waals surface area contributed by atoms with E-state index in [2.05, 4.69) is 24.3 Å². The fourth-order valence-electron chi connectivity index (χ4n) is 3.45. The van der Waals surface area contributed by atoms with E-state index < -0.39 is 17.3 Å². The molecule has 1 N–H and O–H groups in total. The van der Waals surface area contributed by atoms with Crippen LogP contribution in [0.4, 0.5) is 4.79 Å². The first kappa shape index (κ1) is 16.0. The number of benzene rings is 2. The third-order valence-electron chi connectivity index (χ3n) is 4.69. The number of carbonyl (C=O) groups is 2. The van der Waals surface area contributed by atoms with Crippen molar-refractivity contribution in [3.63, 3.8) is 0 Å². The Morgan fingerprint density at radius 3 is 2.24 bits per heavy atom. The Bertz CT molecular complexity index is 792. The molecule has 1 aliphatic heterocycles. The average molecular weight is 355 g/mol. The number of nitrogens with zero attached hydrogens (tertiary/aromatic N) is 1. The van der Waals surface area contributed by atoms with E-state index in [0.29, 0.717) is 5.88 Å². The molecule has 0 radical (unpaired) electrons. The van der Waals surface area contributed by atoms with E-state index in [1.807, 2.05) is 24.3 Å². The molecule has 0 saturated carbocycles. The van der Waals surface area contributed by atoms with Gasteiger partial charge in [-0.05, 0) is 22.3 Å². The first-order chi connectivity index (χ1) is 12.1. The molecule has 2 aromatic carbocycles. The monoisotopic (exact) mass is 355 g/mol. The lowest BCUT2D eigenvalue weighted by Gasteiger charge is -2.18. The van der Waals surface area contributed by atoms with E-state index in [4.69, 9.17) is 9.84 Å². The zero-order valence-corrected chi connectivity index (χ0v) is 14.2. The number of amides is 1. The lowest BCUT2D eigenvalue weighted by Crippen LogP contribution is -2.33. The first-order valence-corrected chi connectivity index (χ1v) is 9.14. The summed E-state index contributed by atoms with van der Waals surface area (Å²) in [6, 6.07) is 16.3. The van der Waals surface area contributed by atoms with Gasteiger partial charge in [-0.2, -0.15) is 0 Å². The van der Waals surface area contributed by atoms with E-state index in [0.717, 1.165) is 11.1 Å². The number of carbonyl (C=O) groups excluding carboxylic acids is 1. The minimum Gasteiger partial charge on any atom is -0.480 e. The molecule has 6 heteroatoms. The second kappa shape index (κ2) is 6.44. The largest absolute Gasteiger partial charge is 0.480 e. The Kier molecular flexibility index (Phi) is 4.13. The summed E-state index contributed by atoms with van der Waals surface area (Å²) in [7, 11) is 0. The van der Waals surface area contributed by atoms with Gasteiger partial charge in [-0.25, -0.2) is 4.79 Å². The molecule has 128 valence electrons. The van der Waals surface area contributed by atoms with Crippen molar-refractivity contribution in [3.8, 4) is 11.1 Å². The van der Waals surface area contributed by atoms with Crippen LogP contribution in [0.15, 0.2) is 48.5 Å². The molecule has 1 saturated heterocycles. The summed E-state index contributed by atoms with van der Waals surface area (Å²) in [5, 5.41) is 8.47. The number of fused-ring (bicyclic) bond motifs is 3. The molecular weight excluding hydrogens is 338 g/mol. The summed E-state index contributed by atoms with van der Waals surface area (Å²) >= 11 is 1.25. The van der Waals surface area contributed by atoms with Gasteiger partial charge >= 0.3 is 12.1 Å². The highest BCUT2D eigenvalue weighted by atomic mass is 32.2. The smallest absolute Gasteiger partial charge is 0.410 e. The van der Waals surface area contributed by atoms with E-state index >= 15 is 0 Å². The predicted octanol–water partition coefficient (Wildman–Crippen LogP) is 3.40. The van der Waals surface area contributed by atoms with Gasteiger partial charge in [-0.3, -0.25) is 9.69 Å². The van der Waals surface area contributed by atoms with Gasteiger partial charge in [0.25, 0.3) is 0 Å². The second-order valence-corrected chi connectivity index (χ2v) is 7.31. The van der Waals surface area contributed by atoms with Crippen molar-refractivity contribution in [1.29, 1.82) is 0 Å². The average Bonchev–Trinajstić information content (AvgIpc) is 3.24. The Hall–Kier alpha value is -2.47. The maximum Gasteiger partial charge on any atom is 0.410 e. The van der Waals surface area contributed by atoms with E-state index in [9.17, 15) is 9.59 Å². The van der Waals surface area contributed by atoms with Crippen molar-refractivity contribution >= 4 is 23.8 Å². The number of ether oxygens (including phenoxy) is 1. The molecule has 1 amide bonds. The molecule has 4 rings (SSSR count). The minimum atomic E-state index is -0.890. The molecule has 0 spiro atoms. The van der Waals surface area contributed by atoms with E-state index in [1.165, 1.54) is 27.8 Å². The number of thioether (sulfide) groups is 1. The van der Waals surface area contributed by atoms with Crippen LogP contribution >= 0.6 is 11.8 Å². The molecular formula is C19H17NO4S. The fourth-order valence-corrected chi connectivity index (χ4v) is 4.45. The van der Waals surface area contributed by atoms with Crippen molar-refractivity contribution in [2.45, 2.75) is 11.2 Å². The summed E-state index contributed by atoms with van der Waals surface area (Å²) in [4.78, 5) is 24.8. The Morgan fingerprint density at radius 2 is 1.68 bits per heavy atom. The quantitative estimate of drug-likeness (QED) is 0.914. The van der Waals surface area contributed by atoms with Crippen LogP contribution in [0.1, 0.15) is 17.0 Å². The maximum absolute atomic E-state index is 12.3. The van der Waals surface area contributed by atoms with Gasteiger partial charge in [0.1, 0.15) is 11.9 Å². The van der Waals surface area contributed by atoms with Crippen LogP contribution in [0.3, 0.4) is 0 Å². The molecule has 5 nitrogen and oxygen atoms in total. The molecule has 1 atom stereocenters. The minimum absolute atomic E-state index is 0.0156. The van der Waals surface area contributed by atoms with Crippen LogP contribution in [0.25, 0.3) is 11.1 Å². The van der Waals surface area contributed by atoms with Gasteiger partial charge in [0, 0.05) is 12.5 Å². The van der Waals surface area contributed by atoms with Gasteiger partial charge in [-0.1, -0.05) is 48.5 Å².